The van der Waals surface area contributed by atoms with E-state index in [1.54, 1.807) is 27.7 Å². The highest BCUT2D eigenvalue weighted by Gasteiger charge is 2.31. The molecule has 2 amide bonds. The summed E-state index contributed by atoms with van der Waals surface area (Å²) in [6.45, 7) is 4.98. The lowest BCUT2D eigenvalue weighted by molar-refractivity contribution is 0.0703. The Labute approximate surface area is 223 Å². The van der Waals surface area contributed by atoms with E-state index >= 15 is 0 Å². The quantitative estimate of drug-likeness (QED) is 0.403. The summed E-state index contributed by atoms with van der Waals surface area (Å²) in [5.74, 6) is 0.372. The standard InChI is InChI=1S/C28H34N5O4P/c1-17(2)33-23-11-10-20(14-21(23)26(35)32(28(33)37)15-18-8-9-18)29-27(36)31-13-12-24(34)22(16-31)30-25(38)19-6-4-3-5-7-19/h3-7,10-11,14,17-18,22,24,30,34,38H,8-9,12-13,15-16H2,1-2H3,(H,29,36)/t22-,24-/m0/s1. The molecule has 2 heterocycles. The Hall–Kier alpha value is -3.26. The molecule has 1 aromatic heterocycles. The van der Waals surface area contributed by atoms with Gasteiger partial charge in [-0.05, 0) is 62.8 Å². The molecule has 9 nitrogen and oxygen atoms in total. The molecule has 0 bridgehead atoms. The Balaban J connectivity index is 1.35. The number of amides is 2. The van der Waals surface area contributed by atoms with Crippen LogP contribution in [0.3, 0.4) is 0 Å². The van der Waals surface area contributed by atoms with Crippen molar-refractivity contribution in [3.05, 3.63) is 74.9 Å². The van der Waals surface area contributed by atoms with E-state index in [0.717, 1.165) is 23.8 Å². The number of aromatic nitrogens is 2. The fourth-order valence-corrected chi connectivity index (χ4v) is 5.37. The molecule has 0 unspecified atom stereocenters. The fraction of sp³-hybridized carbons (Fsp3) is 0.429. The fourth-order valence-electron chi connectivity index (χ4n) is 5.02. The van der Waals surface area contributed by atoms with E-state index in [1.165, 1.54) is 4.57 Å². The van der Waals surface area contributed by atoms with Gasteiger partial charge < -0.3 is 15.3 Å². The minimum absolute atomic E-state index is 0.118. The molecule has 2 aromatic carbocycles. The summed E-state index contributed by atoms with van der Waals surface area (Å²) < 4.78 is 2.99. The molecule has 0 radical (unpaired) electrons. The number of urea groups is 1. The summed E-state index contributed by atoms with van der Waals surface area (Å²) in [6, 6.07) is 14.0. The first-order chi connectivity index (χ1) is 18.2. The summed E-state index contributed by atoms with van der Waals surface area (Å²) in [5, 5.41) is 17.2. The highest BCUT2D eigenvalue weighted by Crippen LogP contribution is 2.30. The van der Waals surface area contributed by atoms with Crippen LogP contribution in [-0.4, -0.2) is 55.8 Å². The van der Waals surface area contributed by atoms with Crippen LogP contribution in [-0.2, 0) is 6.54 Å². The van der Waals surface area contributed by atoms with Crippen molar-refractivity contribution in [2.75, 3.05) is 18.4 Å². The van der Waals surface area contributed by atoms with E-state index in [-0.39, 0.29) is 29.4 Å². The molecule has 3 aromatic rings. The van der Waals surface area contributed by atoms with Gasteiger partial charge >= 0.3 is 11.7 Å². The molecule has 1 aliphatic carbocycles. The number of anilines is 1. The average Bonchev–Trinajstić information content (AvgIpc) is 3.73. The number of hydrogen-bond acceptors (Lipinski definition) is 4. The van der Waals surface area contributed by atoms with Crippen LogP contribution in [0.2, 0.25) is 0 Å². The third-order valence-electron chi connectivity index (χ3n) is 7.33. The number of hydrogen-bond donors (Lipinski definition) is 3. The van der Waals surface area contributed by atoms with Gasteiger partial charge in [-0.2, -0.15) is 0 Å². The van der Waals surface area contributed by atoms with E-state index in [2.05, 4.69) is 19.5 Å². The average molecular weight is 536 g/mol. The Morgan fingerprint density at radius 1 is 1.11 bits per heavy atom. The van der Waals surface area contributed by atoms with Gasteiger partial charge in [0, 0.05) is 36.8 Å². The van der Waals surface area contributed by atoms with Gasteiger partial charge in [0.05, 0.1) is 23.0 Å². The van der Waals surface area contributed by atoms with E-state index in [4.69, 9.17) is 0 Å². The lowest BCUT2D eigenvalue weighted by Gasteiger charge is -2.37. The van der Waals surface area contributed by atoms with Crippen LogP contribution in [0, 0.1) is 5.92 Å². The normalized spacial score (nSPS) is 19.6. The molecular formula is C28H34N5O4P. The molecule has 2 atom stereocenters. The summed E-state index contributed by atoms with van der Waals surface area (Å²) >= 11 is 0. The van der Waals surface area contributed by atoms with E-state index in [1.807, 2.05) is 44.2 Å². The molecule has 200 valence electrons. The lowest BCUT2D eigenvalue weighted by atomic mass is 10.0. The molecule has 5 rings (SSSR count). The largest absolute Gasteiger partial charge is 0.391 e. The van der Waals surface area contributed by atoms with Crippen molar-refractivity contribution in [1.29, 1.82) is 0 Å². The second kappa shape index (κ2) is 10.8. The number of fused-ring (bicyclic) bond motifs is 1. The second-order valence-corrected chi connectivity index (χ2v) is 11.1. The monoisotopic (exact) mass is 535 g/mol. The van der Waals surface area contributed by atoms with Crippen LogP contribution < -0.4 is 21.9 Å². The molecular weight excluding hydrogens is 501 g/mol. The predicted molar refractivity (Wildman–Crippen MR) is 153 cm³/mol. The third kappa shape index (κ3) is 5.46. The number of nitrogens with one attached hydrogen (secondary N) is 2. The molecule has 1 saturated heterocycles. The van der Waals surface area contributed by atoms with Crippen molar-refractivity contribution in [2.24, 2.45) is 5.92 Å². The van der Waals surface area contributed by atoms with Gasteiger partial charge in [0.15, 0.2) is 0 Å². The first kappa shape index (κ1) is 26.4. The van der Waals surface area contributed by atoms with Gasteiger partial charge in [0.25, 0.3) is 5.56 Å². The Kier molecular flexibility index (Phi) is 7.52. The van der Waals surface area contributed by atoms with Crippen LogP contribution >= 0.6 is 8.86 Å². The highest BCUT2D eigenvalue weighted by molar-refractivity contribution is 7.21. The maximum atomic E-state index is 13.3. The zero-order valence-corrected chi connectivity index (χ0v) is 22.7. The van der Waals surface area contributed by atoms with Gasteiger partial charge in [0.1, 0.15) is 0 Å². The van der Waals surface area contributed by atoms with Crippen molar-refractivity contribution in [1.82, 2.24) is 19.4 Å². The number of aliphatic hydroxyl groups is 1. The molecule has 2 fully saturated rings. The van der Waals surface area contributed by atoms with Gasteiger partial charge in [-0.1, -0.05) is 30.3 Å². The maximum Gasteiger partial charge on any atom is 0.331 e. The van der Waals surface area contributed by atoms with Crippen molar-refractivity contribution < 1.29 is 9.90 Å². The van der Waals surface area contributed by atoms with Crippen LogP contribution in [0.5, 0.6) is 0 Å². The summed E-state index contributed by atoms with van der Waals surface area (Å²) in [4.78, 5) is 41.3. The van der Waals surface area contributed by atoms with Crippen molar-refractivity contribution in [3.63, 3.8) is 0 Å². The van der Waals surface area contributed by atoms with Crippen LogP contribution in [0.1, 0.15) is 44.7 Å². The Morgan fingerprint density at radius 3 is 2.53 bits per heavy atom. The zero-order valence-electron chi connectivity index (χ0n) is 21.7. The first-order valence-electron chi connectivity index (χ1n) is 13.2. The smallest absolute Gasteiger partial charge is 0.331 e. The Bertz CT molecular complexity index is 1480. The minimum Gasteiger partial charge on any atom is -0.391 e. The number of carbonyl (C=O) groups is 1. The van der Waals surface area contributed by atoms with Crippen molar-refractivity contribution in [2.45, 2.75) is 57.8 Å². The Morgan fingerprint density at radius 2 is 1.84 bits per heavy atom. The zero-order chi connectivity index (χ0) is 27.0. The summed E-state index contributed by atoms with van der Waals surface area (Å²) in [6.07, 6.45) is 1.89. The van der Waals surface area contributed by atoms with Gasteiger partial charge in [-0.15, -0.1) is 8.86 Å². The van der Waals surface area contributed by atoms with Gasteiger partial charge in [0.2, 0.25) is 0 Å². The van der Waals surface area contributed by atoms with Crippen molar-refractivity contribution in [3.8, 4) is 0 Å². The third-order valence-corrected chi connectivity index (χ3v) is 7.76. The van der Waals surface area contributed by atoms with E-state index in [9.17, 15) is 19.5 Å². The molecule has 3 N–H and O–H groups in total. The molecule has 10 heteroatoms. The number of carbonyl (C=O) groups excluding carboxylic acids is 1. The summed E-state index contributed by atoms with van der Waals surface area (Å²) in [7, 11) is 3.61. The number of nitrogens with zero attached hydrogens (tertiary/aromatic N) is 3. The highest BCUT2D eigenvalue weighted by atomic mass is 31.0. The van der Waals surface area contributed by atoms with Crippen molar-refractivity contribution >= 4 is 36.9 Å². The van der Waals surface area contributed by atoms with Crippen LogP contribution in [0.15, 0.2) is 58.1 Å². The first-order valence-corrected chi connectivity index (χ1v) is 13.7. The van der Waals surface area contributed by atoms with E-state index in [0.29, 0.717) is 48.6 Å². The number of piperidine rings is 1. The van der Waals surface area contributed by atoms with Crippen LogP contribution in [0.25, 0.3) is 10.9 Å². The van der Waals surface area contributed by atoms with E-state index < -0.39 is 6.10 Å². The lowest BCUT2D eigenvalue weighted by Crippen LogP contribution is -2.56. The van der Waals surface area contributed by atoms with Gasteiger partial charge in [-0.3, -0.25) is 19.2 Å². The van der Waals surface area contributed by atoms with Gasteiger partial charge in [-0.25, -0.2) is 9.59 Å². The summed E-state index contributed by atoms with van der Waals surface area (Å²) in [5.41, 5.74) is 2.12. The molecule has 1 aliphatic heterocycles. The second-order valence-electron chi connectivity index (χ2n) is 10.6. The number of likely N-dealkylation sites (tertiary alicyclic amines) is 1. The number of rotatable bonds is 7. The SMILES string of the molecule is CC(C)n1c(=O)n(CC2CC2)c(=O)c2cc(NC(=O)N3CC[C@H](O)[C@@H](NC(=P)c4ccccc4)C3)ccc21. The topological polar surface area (TPSA) is 109 Å². The molecule has 0 spiro atoms. The number of aliphatic hydroxyl groups excluding tert-OH is 1. The predicted octanol–water partition coefficient (Wildman–Crippen LogP) is 3.03. The molecule has 1 saturated carbocycles. The maximum absolute atomic E-state index is 13.3. The molecule has 2 aliphatic rings. The minimum atomic E-state index is -0.604. The molecule has 38 heavy (non-hydrogen) atoms. The number of benzene rings is 2. The van der Waals surface area contributed by atoms with Crippen LogP contribution in [0.4, 0.5) is 10.5 Å².